The molecular formula is C19H25F3N2O5S2. The van der Waals surface area contributed by atoms with Crippen LogP contribution in [0.25, 0.3) is 10.8 Å². The second kappa shape index (κ2) is 10.2. The molecule has 0 aliphatic rings. The first kappa shape index (κ1) is 25.4. The van der Waals surface area contributed by atoms with E-state index in [2.05, 4.69) is 4.72 Å². The van der Waals surface area contributed by atoms with E-state index in [0.29, 0.717) is 12.2 Å². The number of benzene rings is 2. The molecule has 2 aromatic rings. The zero-order chi connectivity index (χ0) is 23.3. The average molecular weight is 483 g/mol. The normalized spacial score (nSPS) is 14.0. The Morgan fingerprint density at radius 3 is 2.29 bits per heavy atom. The van der Waals surface area contributed by atoms with E-state index in [1.807, 2.05) is 25.1 Å². The van der Waals surface area contributed by atoms with Crippen LogP contribution in [0, 0.1) is 0 Å². The summed E-state index contributed by atoms with van der Waals surface area (Å²) in [5.41, 5.74) is -4.41. The molecule has 1 unspecified atom stereocenters. The van der Waals surface area contributed by atoms with Crippen LogP contribution >= 0.6 is 0 Å². The summed E-state index contributed by atoms with van der Waals surface area (Å²) in [6, 6.07) is 10.7. The Kier molecular flexibility index (Phi) is 8.31. The highest BCUT2D eigenvalue weighted by molar-refractivity contribution is 7.90. The quantitative estimate of drug-likeness (QED) is 0.480. The molecule has 2 aromatic carbocycles. The lowest BCUT2D eigenvalue weighted by molar-refractivity contribution is -0.0448. The Labute approximate surface area is 180 Å². The summed E-state index contributed by atoms with van der Waals surface area (Å²) in [4.78, 5) is 0. The summed E-state index contributed by atoms with van der Waals surface area (Å²) in [5, 5.41) is 1.70. The molecule has 0 fully saturated rings. The zero-order valence-electron chi connectivity index (χ0n) is 17.1. The van der Waals surface area contributed by atoms with Gasteiger partial charge in [-0.3, -0.25) is 0 Å². The van der Waals surface area contributed by atoms with Gasteiger partial charge in [-0.25, -0.2) is 26.3 Å². The van der Waals surface area contributed by atoms with Crippen molar-refractivity contribution in [3.05, 3.63) is 42.0 Å². The van der Waals surface area contributed by atoms with Crippen molar-refractivity contribution in [2.45, 2.75) is 31.7 Å². The van der Waals surface area contributed by atoms with Gasteiger partial charge in [0, 0.05) is 13.1 Å². The number of ether oxygens (including phenoxy) is 1. The van der Waals surface area contributed by atoms with Gasteiger partial charge in [-0.1, -0.05) is 38.1 Å². The summed E-state index contributed by atoms with van der Waals surface area (Å²) in [7, 11) is -8.67. The Morgan fingerprint density at radius 1 is 1.00 bits per heavy atom. The van der Waals surface area contributed by atoms with Gasteiger partial charge in [0.25, 0.3) is 0 Å². The molecule has 0 aromatic heterocycles. The Hall–Kier alpha value is -1.89. The number of fused-ring (bicyclic) bond motifs is 1. The fraction of sp³-hybridized carbons (Fsp3) is 0.474. The van der Waals surface area contributed by atoms with Crippen molar-refractivity contribution in [3.63, 3.8) is 0 Å². The lowest BCUT2D eigenvalue weighted by Crippen LogP contribution is -2.38. The third-order valence-corrected chi connectivity index (χ3v) is 7.20. The van der Waals surface area contributed by atoms with E-state index in [1.54, 1.807) is 25.1 Å². The summed E-state index contributed by atoms with van der Waals surface area (Å²) in [5.74, 6) is 0.415. The van der Waals surface area contributed by atoms with E-state index < -0.39 is 32.1 Å². The first-order valence-electron chi connectivity index (χ1n) is 9.54. The van der Waals surface area contributed by atoms with Crippen LogP contribution in [0.3, 0.4) is 0 Å². The topological polar surface area (TPSA) is 102 Å². The highest BCUT2D eigenvalue weighted by atomic mass is 32.2. The smallest absolute Gasteiger partial charge is 0.492 e. The second-order valence-corrected chi connectivity index (χ2v) is 10.7. The van der Waals surface area contributed by atoms with Crippen LogP contribution < -0.4 is 14.2 Å². The Bertz CT molecular complexity index is 1100. The molecule has 0 saturated heterocycles. The lowest BCUT2D eigenvalue weighted by atomic mass is 9.98. The maximum Gasteiger partial charge on any atom is 0.511 e. The molecular weight excluding hydrogens is 457 g/mol. The first-order valence-corrected chi connectivity index (χ1v) is 12.7. The minimum Gasteiger partial charge on any atom is -0.492 e. The van der Waals surface area contributed by atoms with Gasteiger partial charge in [0.05, 0.1) is 5.75 Å². The maximum absolute atomic E-state index is 12.3. The fourth-order valence-electron chi connectivity index (χ4n) is 2.78. The van der Waals surface area contributed by atoms with Gasteiger partial charge in [0.1, 0.15) is 12.4 Å². The molecule has 0 amide bonds. The summed E-state index contributed by atoms with van der Waals surface area (Å²) in [6.07, 6.45) is 0.540. The van der Waals surface area contributed by atoms with Crippen molar-refractivity contribution in [1.29, 1.82) is 0 Å². The molecule has 174 valence electrons. The molecule has 0 aliphatic heterocycles. The average Bonchev–Trinajstić information content (AvgIpc) is 2.68. The Balaban J connectivity index is 1.97. The summed E-state index contributed by atoms with van der Waals surface area (Å²) in [6.45, 7) is 3.20. The van der Waals surface area contributed by atoms with Crippen LogP contribution in [0.2, 0.25) is 0 Å². The predicted octanol–water partition coefficient (Wildman–Crippen LogP) is 3.09. The number of alkyl halides is 3. The van der Waals surface area contributed by atoms with Crippen LogP contribution in [0.1, 0.15) is 31.7 Å². The Morgan fingerprint density at radius 2 is 1.65 bits per heavy atom. The minimum atomic E-state index is -5.39. The number of hydrogen-bond acceptors (Lipinski definition) is 5. The van der Waals surface area contributed by atoms with Gasteiger partial charge >= 0.3 is 15.5 Å². The second-order valence-electron chi connectivity index (χ2n) is 7.03. The monoisotopic (exact) mass is 482 g/mol. The molecule has 2 N–H and O–H groups in total. The van der Waals surface area contributed by atoms with Gasteiger partial charge in [0.2, 0.25) is 10.0 Å². The van der Waals surface area contributed by atoms with Crippen LogP contribution in [0.15, 0.2) is 36.4 Å². The van der Waals surface area contributed by atoms with Crippen molar-refractivity contribution < 1.29 is 34.7 Å². The van der Waals surface area contributed by atoms with Gasteiger partial charge in [-0.15, -0.1) is 0 Å². The van der Waals surface area contributed by atoms with E-state index in [0.717, 1.165) is 16.3 Å². The molecule has 12 heteroatoms. The molecule has 0 aliphatic carbocycles. The molecule has 1 atom stereocenters. The molecule has 0 bridgehead atoms. The third kappa shape index (κ3) is 7.34. The lowest BCUT2D eigenvalue weighted by Gasteiger charge is -2.14. The maximum atomic E-state index is 12.3. The molecule has 7 nitrogen and oxygen atoms in total. The third-order valence-electron chi connectivity index (χ3n) is 4.45. The first-order chi connectivity index (χ1) is 14.3. The highest BCUT2D eigenvalue weighted by Crippen LogP contribution is 2.25. The zero-order valence-corrected chi connectivity index (χ0v) is 18.7. The number of nitrogens with one attached hydrogen (secondary N) is 2. The van der Waals surface area contributed by atoms with Crippen molar-refractivity contribution in [3.8, 4) is 5.75 Å². The van der Waals surface area contributed by atoms with E-state index in [4.69, 9.17) is 4.74 Å². The predicted molar refractivity (Wildman–Crippen MR) is 113 cm³/mol. The minimum absolute atomic E-state index is 0.0476. The largest absolute Gasteiger partial charge is 0.511 e. The number of rotatable bonds is 11. The highest BCUT2D eigenvalue weighted by Gasteiger charge is 2.45. The van der Waals surface area contributed by atoms with E-state index >= 15 is 0 Å². The fourth-order valence-corrected chi connectivity index (χ4v) is 4.48. The van der Waals surface area contributed by atoms with Crippen molar-refractivity contribution in [1.82, 2.24) is 9.44 Å². The van der Waals surface area contributed by atoms with Gasteiger partial charge in [0.15, 0.2) is 0 Å². The van der Waals surface area contributed by atoms with Crippen molar-refractivity contribution >= 4 is 30.8 Å². The summed E-state index contributed by atoms with van der Waals surface area (Å²) < 4.78 is 91.6. The number of halogens is 3. The van der Waals surface area contributed by atoms with E-state index in [1.165, 1.54) is 4.72 Å². The van der Waals surface area contributed by atoms with E-state index in [9.17, 15) is 30.0 Å². The molecule has 31 heavy (non-hydrogen) atoms. The van der Waals surface area contributed by atoms with Crippen LogP contribution in [0.4, 0.5) is 13.2 Å². The molecule has 0 heterocycles. The number of hydrogen-bond donors (Lipinski definition) is 2. The number of sulfonamides is 2. The van der Waals surface area contributed by atoms with Crippen LogP contribution in [0.5, 0.6) is 5.75 Å². The molecule has 2 rings (SSSR count). The van der Waals surface area contributed by atoms with Gasteiger partial charge in [-0.05, 0) is 40.8 Å². The van der Waals surface area contributed by atoms with Crippen molar-refractivity contribution in [2.75, 3.05) is 25.4 Å². The standard InChI is InChI=1S/C19H25F3N2O5S2/c1-3-10-30(25,26)24-13-14(2)15-4-5-17-12-18(7-6-16(17)11-15)29-9-8-23-31(27,28)19(20,21)22/h4-7,11-12,14,23-24H,3,8-10,13H2,1-2H3. The van der Waals surface area contributed by atoms with Gasteiger partial charge in [-0.2, -0.15) is 13.2 Å². The molecule has 0 radical (unpaired) electrons. The molecule has 0 spiro atoms. The van der Waals surface area contributed by atoms with E-state index in [-0.39, 0.29) is 24.8 Å². The molecule has 0 saturated carbocycles. The summed E-state index contributed by atoms with van der Waals surface area (Å²) >= 11 is 0. The van der Waals surface area contributed by atoms with Crippen LogP contribution in [-0.2, 0) is 20.0 Å². The van der Waals surface area contributed by atoms with Crippen molar-refractivity contribution in [2.24, 2.45) is 0 Å². The van der Waals surface area contributed by atoms with Crippen LogP contribution in [-0.4, -0.2) is 47.8 Å². The van der Waals surface area contributed by atoms with Gasteiger partial charge < -0.3 is 4.74 Å². The SMILES string of the molecule is CCCS(=O)(=O)NCC(C)c1ccc2cc(OCCNS(=O)(=O)C(F)(F)F)ccc2c1.